The summed E-state index contributed by atoms with van der Waals surface area (Å²) in [5.74, 6) is -0.840. The van der Waals surface area contributed by atoms with E-state index in [1.807, 2.05) is 18.2 Å². The van der Waals surface area contributed by atoms with Crippen molar-refractivity contribution in [3.05, 3.63) is 35.9 Å². The standard InChI is InChI=1S/C19H28N2O6/c1-19(2,3)27-17(23)21-12-8-7-11-15(20)16(22)26-18(24)25-13-14-9-5-4-6-10-14/h4-6,9-10,15H,7-8,11-13,20H2,1-3H3,(H,21,23)/t15-/m1/s1. The third-order valence-corrected chi connectivity index (χ3v) is 3.30. The first kappa shape index (κ1) is 22.4. The molecule has 1 aromatic rings. The topological polar surface area (TPSA) is 117 Å². The van der Waals surface area contributed by atoms with Gasteiger partial charge in [0.25, 0.3) is 0 Å². The molecule has 0 spiro atoms. The molecule has 27 heavy (non-hydrogen) atoms. The molecule has 8 nitrogen and oxygen atoms in total. The summed E-state index contributed by atoms with van der Waals surface area (Å²) in [6.45, 7) is 5.75. The van der Waals surface area contributed by atoms with Crippen LogP contribution in [0, 0.1) is 0 Å². The molecule has 1 rings (SSSR count). The van der Waals surface area contributed by atoms with Crippen molar-refractivity contribution in [2.75, 3.05) is 6.54 Å². The Morgan fingerprint density at radius 3 is 2.41 bits per heavy atom. The Hall–Kier alpha value is -2.61. The molecule has 0 saturated heterocycles. The monoisotopic (exact) mass is 380 g/mol. The lowest BCUT2D eigenvalue weighted by Gasteiger charge is -2.19. The van der Waals surface area contributed by atoms with Crippen molar-refractivity contribution in [1.29, 1.82) is 0 Å². The van der Waals surface area contributed by atoms with Gasteiger partial charge in [-0.2, -0.15) is 0 Å². The first-order chi connectivity index (χ1) is 12.7. The fourth-order valence-electron chi connectivity index (χ4n) is 2.02. The number of nitrogens with one attached hydrogen (secondary N) is 1. The molecule has 1 aromatic carbocycles. The van der Waals surface area contributed by atoms with Crippen LogP contribution in [0.15, 0.2) is 30.3 Å². The lowest BCUT2D eigenvalue weighted by Crippen LogP contribution is -2.35. The van der Waals surface area contributed by atoms with E-state index in [-0.39, 0.29) is 6.61 Å². The summed E-state index contributed by atoms with van der Waals surface area (Å²) < 4.78 is 14.5. The van der Waals surface area contributed by atoms with E-state index in [2.05, 4.69) is 10.1 Å². The number of nitrogens with two attached hydrogens (primary N) is 1. The minimum absolute atomic E-state index is 0.0124. The predicted octanol–water partition coefficient (Wildman–Crippen LogP) is 2.89. The molecule has 3 N–H and O–H groups in total. The SMILES string of the molecule is CC(C)(C)OC(=O)NCCCC[C@@H](N)C(=O)OC(=O)OCc1ccccc1. The van der Waals surface area contributed by atoms with Crippen LogP contribution in [0.25, 0.3) is 0 Å². The second-order valence-corrected chi connectivity index (χ2v) is 6.98. The Bertz CT molecular complexity index is 612. The molecular formula is C19H28N2O6. The van der Waals surface area contributed by atoms with Gasteiger partial charge >= 0.3 is 18.2 Å². The number of rotatable bonds is 8. The quantitative estimate of drug-likeness (QED) is 0.404. The predicted molar refractivity (Wildman–Crippen MR) is 98.8 cm³/mol. The maximum absolute atomic E-state index is 11.8. The smallest absolute Gasteiger partial charge is 0.444 e. The third kappa shape index (κ3) is 10.9. The van der Waals surface area contributed by atoms with Crippen LogP contribution in [-0.2, 0) is 25.6 Å². The van der Waals surface area contributed by atoms with Gasteiger partial charge < -0.3 is 25.3 Å². The number of unbranched alkanes of at least 4 members (excludes halogenated alkanes) is 1. The van der Waals surface area contributed by atoms with Crippen molar-refractivity contribution < 1.29 is 28.6 Å². The molecule has 0 heterocycles. The molecule has 150 valence electrons. The minimum atomic E-state index is -1.08. The van der Waals surface area contributed by atoms with Gasteiger partial charge in [0, 0.05) is 6.54 Å². The van der Waals surface area contributed by atoms with E-state index in [0.717, 1.165) is 5.56 Å². The first-order valence-electron chi connectivity index (χ1n) is 8.82. The normalized spacial score (nSPS) is 12.0. The minimum Gasteiger partial charge on any atom is -0.444 e. The number of alkyl carbamates (subject to hydrolysis) is 1. The summed E-state index contributed by atoms with van der Waals surface area (Å²) in [7, 11) is 0. The molecule has 0 aliphatic carbocycles. The molecule has 0 fully saturated rings. The zero-order valence-electron chi connectivity index (χ0n) is 16.0. The maximum atomic E-state index is 11.8. The molecule has 0 aliphatic heterocycles. The highest BCUT2D eigenvalue weighted by Crippen LogP contribution is 2.07. The molecule has 0 bridgehead atoms. The fourth-order valence-corrected chi connectivity index (χ4v) is 2.02. The zero-order valence-corrected chi connectivity index (χ0v) is 16.0. The van der Waals surface area contributed by atoms with Gasteiger partial charge in [-0.3, -0.25) is 0 Å². The van der Waals surface area contributed by atoms with Crippen molar-refractivity contribution in [2.24, 2.45) is 5.73 Å². The van der Waals surface area contributed by atoms with E-state index < -0.39 is 29.9 Å². The van der Waals surface area contributed by atoms with E-state index in [1.54, 1.807) is 32.9 Å². The highest BCUT2D eigenvalue weighted by Gasteiger charge is 2.20. The second kappa shape index (κ2) is 11.2. The molecule has 0 aromatic heterocycles. The van der Waals surface area contributed by atoms with Gasteiger partial charge in [0.15, 0.2) is 0 Å². The van der Waals surface area contributed by atoms with Crippen LogP contribution in [0.2, 0.25) is 0 Å². The average Bonchev–Trinajstić information content (AvgIpc) is 2.58. The Morgan fingerprint density at radius 2 is 1.78 bits per heavy atom. The summed E-state index contributed by atoms with van der Waals surface area (Å²) in [4.78, 5) is 34.7. The summed E-state index contributed by atoms with van der Waals surface area (Å²) in [5, 5.41) is 2.61. The maximum Gasteiger partial charge on any atom is 0.516 e. The molecule has 8 heteroatoms. The summed E-state index contributed by atoms with van der Waals surface area (Å²) in [5.41, 5.74) is 5.93. The lowest BCUT2D eigenvalue weighted by atomic mass is 10.1. The molecule has 1 atom stereocenters. The van der Waals surface area contributed by atoms with Gasteiger partial charge in [-0.1, -0.05) is 30.3 Å². The average molecular weight is 380 g/mol. The van der Waals surface area contributed by atoms with Crippen LogP contribution in [0.3, 0.4) is 0 Å². The first-order valence-corrected chi connectivity index (χ1v) is 8.82. The van der Waals surface area contributed by atoms with E-state index in [4.69, 9.17) is 15.2 Å². The van der Waals surface area contributed by atoms with Gasteiger partial charge in [-0.05, 0) is 45.6 Å². The number of benzene rings is 1. The Labute approximate surface area is 159 Å². The Balaban J connectivity index is 2.15. The van der Waals surface area contributed by atoms with Crippen molar-refractivity contribution in [3.63, 3.8) is 0 Å². The third-order valence-electron chi connectivity index (χ3n) is 3.30. The van der Waals surface area contributed by atoms with Crippen molar-refractivity contribution in [1.82, 2.24) is 5.32 Å². The molecular weight excluding hydrogens is 352 g/mol. The van der Waals surface area contributed by atoms with Crippen LogP contribution < -0.4 is 11.1 Å². The molecule has 1 amide bonds. The molecule has 0 unspecified atom stereocenters. The summed E-state index contributed by atoms with van der Waals surface area (Å²) >= 11 is 0. The van der Waals surface area contributed by atoms with Crippen LogP contribution in [-0.4, -0.2) is 36.4 Å². The molecule has 0 saturated carbocycles. The van der Waals surface area contributed by atoms with Gasteiger partial charge in [-0.15, -0.1) is 0 Å². The van der Waals surface area contributed by atoms with E-state index in [9.17, 15) is 14.4 Å². The van der Waals surface area contributed by atoms with E-state index in [1.165, 1.54) is 0 Å². The number of hydrogen-bond donors (Lipinski definition) is 2. The summed E-state index contributed by atoms with van der Waals surface area (Å²) in [6, 6.07) is 8.09. The fraction of sp³-hybridized carbons (Fsp3) is 0.526. The largest absolute Gasteiger partial charge is 0.516 e. The number of ether oxygens (including phenoxy) is 3. The summed E-state index contributed by atoms with van der Waals surface area (Å²) in [6.07, 6.45) is -0.0665. The number of carbonyl (C=O) groups excluding carboxylic acids is 3. The number of carbonyl (C=O) groups is 3. The van der Waals surface area contributed by atoms with E-state index in [0.29, 0.717) is 25.8 Å². The van der Waals surface area contributed by atoms with Gasteiger partial charge in [0.2, 0.25) is 0 Å². The van der Waals surface area contributed by atoms with Gasteiger partial charge in [-0.25, -0.2) is 14.4 Å². The lowest BCUT2D eigenvalue weighted by molar-refractivity contribution is -0.141. The molecule has 0 radical (unpaired) electrons. The van der Waals surface area contributed by atoms with Crippen LogP contribution in [0.4, 0.5) is 9.59 Å². The number of amides is 1. The van der Waals surface area contributed by atoms with Crippen molar-refractivity contribution in [3.8, 4) is 0 Å². The van der Waals surface area contributed by atoms with Crippen LogP contribution >= 0.6 is 0 Å². The zero-order chi connectivity index (χ0) is 20.3. The highest BCUT2D eigenvalue weighted by molar-refractivity contribution is 5.85. The van der Waals surface area contributed by atoms with Gasteiger partial charge in [0.1, 0.15) is 18.2 Å². The van der Waals surface area contributed by atoms with E-state index >= 15 is 0 Å². The Morgan fingerprint density at radius 1 is 1.11 bits per heavy atom. The number of esters is 1. The number of hydrogen-bond acceptors (Lipinski definition) is 7. The van der Waals surface area contributed by atoms with Crippen molar-refractivity contribution in [2.45, 2.75) is 58.3 Å². The highest BCUT2D eigenvalue weighted by atomic mass is 16.7. The second-order valence-electron chi connectivity index (χ2n) is 6.98. The Kier molecular flexibility index (Phi) is 9.29. The van der Waals surface area contributed by atoms with Crippen LogP contribution in [0.5, 0.6) is 0 Å². The van der Waals surface area contributed by atoms with Crippen LogP contribution in [0.1, 0.15) is 45.6 Å². The van der Waals surface area contributed by atoms with Crippen molar-refractivity contribution >= 4 is 18.2 Å². The molecule has 0 aliphatic rings. The van der Waals surface area contributed by atoms with Gasteiger partial charge in [0.05, 0.1) is 0 Å².